The van der Waals surface area contributed by atoms with Gasteiger partial charge in [-0.15, -0.1) is 0 Å². The number of nitrogens with one attached hydrogen (secondary N) is 1. The van der Waals surface area contributed by atoms with Crippen molar-refractivity contribution in [1.82, 2.24) is 15.1 Å². The van der Waals surface area contributed by atoms with Crippen molar-refractivity contribution in [2.45, 2.75) is 52.1 Å². The van der Waals surface area contributed by atoms with Crippen molar-refractivity contribution >= 4 is 46.8 Å². The molecule has 1 aromatic rings. The Morgan fingerprint density at radius 1 is 1.09 bits per heavy atom. The van der Waals surface area contributed by atoms with Crippen LogP contribution in [0.15, 0.2) is 30.4 Å². The highest BCUT2D eigenvalue weighted by atomic mass is 35.5. The van der Waals surface area contributed by atoms with E-state index in [2.05, 4.69) is 5.32 Å². The minimum absolute atomic E-state index is 0.0118. The summed E-state index contributed by atoms with van der Waals surface area (Å²) < 4.78 is 0. The lowest BCUT2D eigenvalue weighted by molar-refractivity contribution is -0.144. The number of benzene rings is 1. The van der Waals surface area contributed by atoms with Gasteiger partial charge in [-0.1, -0.05) is 48.3 Å². The summed E-state index contributed by atoms with van der Waals surface area (Å²) in [4.78, 5) is 54.2. The summed E-state index contributed by atoms with van der Waals surface area (Å²) in [5, 5.41) is 3.56. The fraction of sp³-hybridized carbons (Fsp3) is 0.500. The average molecular weight is 494 g/mol. The van der Waals surface area contributed by atoms with Gasteiger partial charge in [-0.2, -0.15) is 0 Å². The molecule has 4 amide bonds. The Hall–Kier alpha value is -2.38. The predicted octanol–water partition coefficient (Wildman–Crippen LogP) is 3.58. The molecule has 1 heterocycles. The number of rotatable bonds is 9. The predicted molar refractivity (Wildman–Crippen MR) is 126 cm³/mol. The maximum atomic E-state index is 13.4. The van der Waals surface area contributed by atoms with Crippen LogP contribution in [0.5, 0.6) is 0 Å². The van der Waals surface area contributed by atoms with E-state index in [4.69, 9.17) is 23.2 Å². The molecule has 3 rings (SSSR count). The van der Waals surface area contributed by atoms with Gasteiger partial charge in [-0.3, -0.25) is 24.1 Å². The van der Waals surface area contributed by atoms with Crippen LogP contribution in [-0.2, 0) is 25.7 Å². The molecule has 0 saturated carbocycles. The van der Waals surface area contributed by atoms with Gasteiger partial charge in [0, 0.05) is 41.7 Å². The summed E-state index contributed by atoms with van der Waals surface area (Å²) >= 11 is 12.7. The van der Waals surface area contributed by atoms with Crippen molar-refractivity contribution in [1.29, 1.82) is 0 Å². The third-order valence-corrected chi connectivity index (χ3v) is 6.98. The highest BCUT2D eigenvalue weighted by Crippen LogP contribution is 2.35. The second-order valence-electron chi connectivity index (χ2n) is 8.27. The zero-order valence-electron chi connectivity index (χ0n) is 18.9. The second-order valence-corrected chi connectivity index (χ2v) is 9.09. The first kappa shape index (κ1) is 25.2. The summed E-state index contributed by atoms with van der Waals surface area (Å²) in [5.74, 6) is -1.75. The lowest BCUT2D eigenvalue weighted by Crippen LogP contribution is -2.49. The summed E-state index contributed by atoms with van der Waals surface area (Å²) in [6.07, 6.45) is 5.25. The molecule has 0 bridgehead atoms. The van der Waals surface area contributed by atoms with Gasteiger partial charge in [0.2, 0.25) is 23.6 Å². The molecule has 0 spiro atoms. The van der Waals surface area contributed by atoms with E-state index in [1.165, 1.54) is 9.80 Å². The van der Waals surface area contributed by atoms with E-state index in [1.807, 2.05) is 19.1 Å². The monoisotopic (exact) mass is 493 g/mol. The maximum absolute atomic E-state index is 13.4. The summed E-state index contributed by atoms with van der Waals surface area (Å²) in [6, 6.07) is 4.33. The average Bonchev–Trinajstić information content (AvgIpc) is 3.04. The topological polar surface area (TPSA) is 86.8 Å². The van der Waals surface area contributed by atoms with Gasteiger partial charge >= 0.3 is 0 Å². The third kappa shape index (κ3) is 5.41. The van der Waals surface area contributed by atoms with E-state index in [-0.39, 0.29) is 55.0 Å². The molecule has 0 radical (unpaired) electrons. The Bertz CT molecular complexity index is 919. The van der Waals surface area contributed by atoms with Gasteiger partial charge in [0.05, 0.1) is 11.8 Å². The number of carbonyl (C=O) groups excluding carboxylic acids is 4. The lowest BCUT2D eigenvalue weighted by atomic mass is 9.85. The Labute approximate surface area is 204 Å². The van der Waals surface area contributed by atoms with Crippen LogP contribution in [0.2, 0.25) is 10.0 Å². The molecule has 9 heteroatoms. The number of hydrogen-bond donors (Lipinski definition) is 1. The first-order chi connectivity index (χ1) is 15.8. The van der Waals surface area contributed by atoms with Crippen LogP contribution in [0, 0.1) is 11.8 Å². The highest BCUT2D eigenvalue weighted by molar-refractivity contribution is 6.36. The summed E-state index contributed by atoms with van der Waals surface area (Å²) in [6.45, 7) is 4.09. The number of fused-ring (bicyclic) bond motifs is 1. The minimum Gasteiger partial charge on any atom is -0.355 e. The number of carbonyl (C=O) groups is 4. The molecular formula is C24H29Cl2N3O4. The summed E-state index contributed by atoms with van der Waals surface area (Å²) in [5.41, 5.74) is 0.544. The molecule has 1 saturated heterocycles. The largest absolute Gasteiger partial charge is 0.355 e. The van der Waals surface area contributed by atoms with Gasteiger partial charge in [0.1, 0.15) is 6.04 Å². The zero-order valence-corrected chi connectivity index (χ0v) is 20.4. The van der Waals surface area contributed by atoms with E-state index in [0.717, 1.165) is 0 Å². The molecule has 33 heavy (non-hydrogen) atoms. The molecule has 1 N–H and O–H groups in total. The van der Waals surface area contributed by atoms with E-state index in [0.29, 0.717) is 41.4 Å². The van der Waals surface area contributed by atoms with Crippen molar-refractivity contribution < 1.29 is 19.2 Å². The number of imide groups is 1. The van der Waals surface area contributed by atoms with Crippen molar-refractivity contribution in [3.8, 4) is 0 Å². The molecule has 0 unspecified atom stereocenters. The summed E-state index contributed by atoms with van der Waals surface area (Å²) in [7, 11) is 0. The van der Waals surface area contributed by atoms with E-state index in [9.17, 15) is 19.2 Å². The van der Waals surface area contributed by atoms with Gasteiger partial charge in [-0.25, -0.2) is 0 Å². The van der Waals surface area contributed by atoms with E-state index < -0.39 is 6.04 Å². The molecule has 1 aliphatic heterocycles. The Morgan fingerprint density at radius 2 is 1.67 bits per heavy atom. The van der Waals surface area contributed by atoms with Crippen LogP contribution in [0.1, 0.15) is 45.1 Å². The molecule has 1 aliphatic carbocycles. The van der Waals surface area contributed by atoms with Crippen LogP contribution in [0.25, 0.3) is 0 Å². The first-order valence-corrected chi connectivity index (χ1v) is 12.1. The third-order valence-electron chi connectivity index (χ3n) is 6.28. The molecule has 0 aromatic heterocycles. The van der Waals surface area contributed by atoms with Crippen LogP contribution in [-0.4, -0.2) is 52.6 Å². The van der Waals surface area contributed by atoms with Gasteiger partial charge in [0.25, 0.3) is 0 Å². The van der Waals surface area contributed by atoms with Crippen LogP contribution in [0.4, 0.5) is 0 Å². The fourth-order valence-electron chi connectivity index (χ4n) is 4.51. The minimum atomic E-state index is -0.735. The van der Waals surface area contributed by atoms with Gasteiger partial charge < -0.3 is 10.2 Å². The number of halogens is 2. The van der Waals surface area contributed by atoms with Crippen molar-refractivity contribution in [2.75, 3.05) is 13.1 Å². The van der Waals surface area contributed by atoms with Crippen molar-refractivity contribution in [2.24, 2.45) is 11.8 Å². The van der Waals surface area contributed by atoms with Gasteiger partial charge in [0.15, 0.2) is 0 Å². The maximum Gasteiger partial charge on any atom is 0.242 e. The number of likely N-dealkylation sites (tertiary alicyclic amines) is 1. The Morgan fingerprint density at radius 3 is 2.18 bits per heavy atom. The first-order valence-electron chi connectivity index (χ1n) is 11.3. The van der Waals surface area contributed by atoms with E-state index in [1.54, 1.807) is 25.1 Å². The number of nitrogens with zero attached hydrogens (tertiary/aromatic N) is 2. The molecule has 7 nitrogen and oxygen atoms in total. The van der Waals surface area contributed by atoms with Gasteiger partial charge in [-0.05, 0) is 38.3 Å². The standard InChI is InChI=1S/C24H29Cl2N3O4/c1-3-20(22(31)27-4-2)29(14-17-18(25)10-7-11-19(17)26)21(30)12-13-28-23(32)15-8-5-6-9-16(15)24(28)33/h5-7,10-11,15-16,20H,3-4,8-9,12-14H2,1-2H3,(H,27,31)/t15-,16+,20-/m1/s1. The van der Waals surface area contributed by atoms with E-state index >= 15 is 0 Å². The molecule has 178 valence electrons. The number of allylic oxidation sites excluding steroid dienone is 2. The van der Waals surface area contributed by atoms with Crippen LogP contribution >= 0.6 is 23.2 Å². The number of likely N-dealkylation sites (N-methyl/N-ethyl adjacent to an activating group) is 1. The Kier molecular flexibility index (Phi) is 8.54. The molecule has 3 atom stereocenters. The number of amides is 4. The fourth-order valence-corrected chi connectivity index (χ4v) is 5.02. The normalized spacial score (nSPS) is 20.5. The SMILES string of the molecule is CCNC(=O)[C@@H](CC)N(Cc1c(Cl)cccc1Cl)C(=O)CCN1C(=O)[C@H]2CC=CC[C@H]2C1=O. The molecule has 2 aliphatic rings. The number of hydrogen-bond acceptors (Lipinski definition) is 4. The molecule has 1 aromatic carbocycles. The second kappa shape index (κ2) is 11.2. The molecule has 1 fully saturated rings. The highest BCUT2D eigenvalue weighted by Gasteiger charge is 2.47. The van der Waals surface area contributed by atoms with Crippen LogP contribution < -0.4 is 5.32 Å². The quantitative estimate of drug-likeness (QED) is 0.420. The van der Waals surface area contributed by atoms with Crippen LogP contribution in [0.3, 0.4) is 0 Å². The lowest BCUT2D eigenvalue weighted by Gasteiger charge is -2.31. The Balaban J connectivity index is 1.79. The molecular weight excluding hydrogens is 465 g/mol. The van der Waals surface area contributed by atoms with Crippen molar-refractivity contribution in [3.05, 3.63) is 46.0 Å². The smallest absolute Gasteiger partial charge is 0.242 e. The van der Waals surface area contributed by atoms with Crippen molar-refractivity contribution in [3.63, 3.8) is 0 Å². The zero-order chi connectivity index (χ0) is 24.1.